The number of amides is 1. The highest BCUT2D eigenvalue weighted by molar-refractivity contribution is 5.87. The van der Waals surface area contributed by atoms with Crippen molar-refractivity contribution in [1.29, 1.82) is 0 Å². The molecule has 5 heteroatoms. The number of carbonyl (C=O) groups excluding carboxylic acids is 1. The fourth-order valence-corrected chi connectivity index (χ4v) is 1.33. The molecular weight excluding hydrogens is 220 g/mol. The molecule has 5 nitrogen and oxygen atoms in total. The summed E-state index contributed by atoms with van der Waals surface area (Å²) in [6.07, 6.45) is 0. The van der Waals surface area contributed by atoms with E-state index in [2.05, 4.69) is 10.6 Å². The first kappa shape index (κ1) is 13.2. The van der Waals surface area contributed by atoms with E-state index in [0.717, 1.165) is 0 Å². The fourth-order valence-electron chi connectivity index (χ4n) is 1.33. The van der Waals surface area contributed by atoms with Gasteiger partial charge in [-0.3, -0.25) is 4.79 Å². The smallest absolute Gasteiger partial charge is 0.330 e. The lowest BCUT2D eigenvalue weighted by Crippen LogP contribution is -2.44. The second-order valence-electron chi connectivity index (χ2n) is 3.70. The van der Waals surface area contributed by atoms with Gasteiger partial charge in [-0.1, -0.05) is 30.3 Å². The molecule has 0 aliphatic carbocycles. The predicted molar refractivity (Wildman–Crippen MR) is 63.5 cm³/mol. The van der Waals surface area contributed by atoms with Gasteiger partial charge in [0.25, 0.3) is 0 Å². The molecule has 0 radical (unpaired) electrons. The van der Waals surface area contributed by atoms with Crippen molar-refractivity contribution in [3.63, 3.8) is 0 Å². The number of likely N-dealkylation sites (N-methyl/N-ethyl adjacent to an activating group) is 1. The van der Waals surface area contributed by atoms with Gasteiger partial charge in [0.1, 0.15) is 0 Å². The highest BCUT2D eigenvalue weighted by Crippen LogP contribution is 2.12. The Balaban J connectivity index is 2.82. The van der Waals surface area contributed by atoms with Crippen molar-refractivity contribution in [3.05, 3.63) is 35.9 Å². The number of benzene rings is 1. The molecule has 2 atom stereocenters. The van der Waals surface area contributed by atoms with Crippen LogP contribution in [0, 0.1) is 0 Å². The standard InChI is InChI=1S/C12H16N2O3/c1-8(13-2)11(15)14-10(12(16)17)9-6-4-3-5-7-9/h3-8,10,13H,1-2H3,(H,14,15)(H,16,17). The van der Waals surface area contributed by atoms with Crippen molar-refractivity contribution in [2.24, 2.45) is 0 Å². The lowest BCUT2D eigenvalue weighted by Gasteiger charge is -2.17. The highest BCUT2D eigenvalue weighted by atomic mass is 16.4. The molecule has 0 bridgehead atoms. The number of carbonyl (C=O) groups is 2. The van der Waals surface area contributed by atoms with Gasteiger partial charge >= 0.3 is 5.97 Å². The largest absolute Gasteiger partial charge is 0.479 e. The average molecular weight is 236 g/mol. The van der Waals surface area contributed by atoms with Crippen LogP contribution in [0.1, 0.15) is 18.5 Å². The minimum atomic E-state index is -1.08. The molecule has 0 heterocycles. The van der Waals surface area contributed by atoms with Crippen LogP contribution in [0.2, 0.25) is 0 Å². The SMILES string of the molecule is CNC(C)C(=O)NC(C(=O)O)c1ccccc1. The van der Waals surface area contributed by atoms with E-state index >= 15 is 0 Å². The minimum absolute atomic E-state index is 0.344. The second-order valence-corrected chi connectivity index (χ2v) is 3.70. The summed E-state index contributed by atoms with van der Waals surface area (Å²) in [5.74, 6) is -1.42. The Bertz CT molecular complexity index is 392. The monoisotopic (exact) mass is 236 g/mol. The molecular formula is C12H16N2O3. The molecule has 1 rings (SSSR count). The maximum Gasteiger partial charge on any atom is 0.330 e. The summed E-state index contributed by atoms with van der Waals surface area (Å²) in [6, 6.07) is 7.16. The van der Waals surface area contributed by atoms with E-state index in [-0.39, 0.29) is 5.91 Å². The number of hydrogen-bond acceptors (Lipinski definition) is 3. The first-order chi connectivity index (χ1) is 8.06. The van der Waals surface area contributed by atoms with Crippen LogP contribution < -0.4 is 10.6 Å². The van der Waals surface area contributed by atoms with Gasteiger partial charge < -0.3 is 15.7 Å². The fraction of sp³-hybridized carbons (Fsp3) is 0.333. The lowest BCUT2D eigenvalue weighted by atomic mass is 10.1. The second kappa shape index (κ2) is 6.00. The third kappa shape index (κ3) is 3.57. The Morgan fingerprint density at radius 2 is 1.82 bits per heavy atom. The zero-order valence-electron chi connectivity index (χ0n) is 9.81. The van der Waals surface area contributed by atoms with Crippen molar-refractivity contribution >= 4 is 11.9 Å². The van der Waals surface area contributed by atoms with E-state index < -0.39 is 18.1 Å². The molecule has 0 aromatic heterocycles. The van der Waals surface area contributed by atoms with Gasteiger partial charge in [0.15, 0.2) is 6.04 Å². The Hall–Kier alpha value is -1.88. The van der Waals surface area contributed by atoms with Gasteiger partial charge in [0, 0.05) is 0 Å². The summed E-state index contributed by atoms with van der Waals surface area (Å²) in [6.45, 7) is 1.67. The predicted octanol–water partition coefficient (Wildman–Crippen LogP) is 0.536. The molecule has 3 N–H and O–H groups in total. The molecule has 0 aliphatic rings. The highest BCUT2D eigenvalue weighted by Gasteiger charge is 2.23. The summed E-state index contributed by atoms with van der Waals surface area (Å²) < 4.78 is 0. The van der Waals surface area contributed by atoms with Crippen LogP contribution in [0.4, 0.5) is 0 Å². The molecule has 0 aliphatic heterocycles. The van der Waals surface area contributed by atoms with Gasteiger partial charge in [0.2, 0.25) is 5.91 Å². The maximum atomic E-state index is 11.6. The molecule has 92 valence electrons. The molecule has 0 spiro atoms. The van der Waals surface area contributed by atoms with E-state index in [4.69, 9.17) is 5.11 Å². The van der Waals surface area contributed by atoms with Gasteiger partial charge in [-0.05, 0) is 19.5 Å². The Morgan fingerprint density at radius 1 is 1.24 bits per heavy atom. The van der Waals surface area contributed by atoms with Crippen LogP contribution in [0.3, 0.4) is 0 Å². The van der Waals surface area contributed by atoms with Crippen molar-refractivity contribution in [2.45, 2.75) is 19.0 Å². The first-order valence-corrected chi connectivity index (χ1v) is 5.31. The van der Waals surface area contributed by atoms with Crippen LogP contribution in [0.5, 0.6) is 0 Å². The number of hydrogen-bond donors (Lipinski definition) is 3. The molecule has 0 saturated heterocycles. The summed E-state index contributed by atoms with van der Waals surface area (Å²) in [4.78, 5) is 22.7. The van der Waals surface area contributed by atoms with Crippen LogP contribution in [-0.4, -0.2) is 30.1 Å². The van der Waals surface area contributed by atoms with Crippen LogP contribution in [0.15, 0.2) is 30.3 Å². The molecule has 1 aromatic rings. The molecule has 2 unspecified atom stereocenters. The number of carboxylic acid groups (broad SMARTS) is 1. The molecule has 1 aromatic carbocycles. The lowest BCUT2D eigenvalue weighted by molar-refractivity contribution is -0.142. The third-order valence-electron chi connectivity index (χ3n) is 2.49. The summed E-state index contributed by atoms with van der Waals surface area (Å²) >= 11 is 0. The van der Waals surface area contributed by atoms with Gasteiger partial charge in [-0.2, -0.15) is 0 Å². The molecule has 0 fully saturated rings. The van der Waals surface area contributed by atoms with Crippen molar-refractivity contribution < 1.29 is 14.7 Å². The summed E-state index contributed by atoms with van der Waals surface area (Å²) in [5, 5.41) is 14.3. The maximum absolute atomic E-state index is 11.6. The first-order valence-electron chi connectivity index (χ1n) is 5.31. The zero-order valence-corrected chi connectivity index (χ0v) is 9.81. The Labute approximate surface area is 99.8 Å². The van der Waals surface area contributed by atoms with Crippen molar-refractivity contribution in [3.8, 4) is 0 Å². The number of carboxylic acids is 1. The zero-order chi connectivity index (χ0) is 12.8. The van der Waals surface area contributed by atoms with Crippen LogP contribution >= 0.6 is 0 Å². The molecule has 0 saturated carbocycles. The number of rotatable bonds is 5. The van der Waals surface area contributed by atoms with E-state index in [1.807, 2.05) is 0 Å². The van der Waals surface area contributed by atoms with Gasteiger partial charge in [-0.25, -0.2) is 4.79 Å². The van der Waals surface area contributed by atoms with E-state index in [9.17, 15) is 9.59 Å². The third-order valence-corrected chi connectivity index (χ3v) is 2.49. The normalized spacial score (nSPS) is 13.8. The van der Waals surface area contributed by atoms with E-state index in [1.165, 1.54) is 0 Å². The van der Waals surface area contributed by atoms with Gasteiger partial charge in [-0.15, -0.1) is 0 Å². The topological polar surface area (TPSA) is 78.4 Å². The minimum Gasteiger partial charge on any atom is -0.479 e. The Morgan fingerprint density at radius 3 is 2.29 bits per heavy atom. The van der Waals surface area contributed by atoms with Gasteiger partial charge in [0.05, 0.1) is 6.04 Å². The van der Waals surface area contributed by atoms with Crippen molar-refractivity contribution in [1.82, 2.24) is 10.6 Å². The van der Waals surface area contributed by atoms with Crippen LogP contribution in [0.25, 0.3) is 0 Å². The summed E-state index contributed by atoms with van der Waals surface area (Å²) in [7, 11) is 1.64. The number of aliphatic carboxylic acids is 1. The average Bonchev–Trinajstić information content (AvgIpc) is 2.35. The number of nitrogens with one attached hydrogen (secondary N) is 2. The quantitative estimate of drug-likeness (QED) is 0.697. The summed E-state index contributed by atoms with van der Waals surface area (Å²) in [5.41, 5.74) is 0.552. The van der Waals surface area contributed by atoms with Crippen LogP contribution in [-0.2, 0) is 9.59 Å². The van der Waals surface area contributed by atoms with E-state index in [0.29, 0.717) is 5.56 Å². The molecule has 1 amide bonds. The van der Waals surface area contributed by atoms with Crippen molar-refractivity contribution in [2.75, 3.05) is 7.05 Å². The Kier molecular flexibility index (Phi) is 4.66. The van der Waals surface area contributed by atoms with E-state index in [1.54, 1.807) is 44.3 Å². The molecule has 17 heavy (non-hydrogen) atoms.